The first-order valence-electron chi connectivity index (χ1n) is 7.49. The number of halogens is 1. The number of fused-ring (bicyclic) bond motifs is 1. The van der Waals surface area contributed by atoms with E-state index in [1.807, 2.05) is 23.1 Å². The minimum Gasteiger partial charge on any atom is -0.384 e. The van der Waals surface area contributed by atoms with Crippen LogP contribution in [0.25, 0.3) is 0 Å². The Hall–Kier alpha value is -2.11. The van der Waals surface area contributed by atoms with Gasteiger partial charge in [0, 0.05) is 25.5 Å². The van der Waals surface area contributed by atoms with E-state index in [1.165, 1.54) is 5.56 Å². The molecule has 3 rings (SSSR count). The molecule has 1 aromatic heterocycles. The molecule has 0 saturated carbocycles. The largest absolute Gasteiger partial charge is 0.384 e. The van der Waals surface area contributed by atoms with Crippen molar-refractivity contribution < 1.29 is 9.53 Å². The second kappa shape index (κ2) is 6.98. The second-order valence-electron chi connectivity index (χ2n) is 5.34. The Balaban J connectivity index is 1.88. The average Bonchev–Trinajstić information content (AvgIpc) is 2.98. The van der Waals surface area contributed by atoms with E-state index < -0.39 is 0 Å². The standard InChI is InChI=1S/C17H18ClN3O2/c1-23-10-7-16(22)21-9-6-12-3-2-4-14(17(12)21)20-13-5-8-19-15(18)11-13/h2-5,8,11H,6-7,9-10H2,1H3,(H,19,20). The number of benzene rings is 1. The molecule has 2 heterocycles. The monoisotopic (exact) mass is 331 g/mol. The normalized spacial score (nSPS) is 13.0. The van der Waals surface area contributed by atoms with Crippen LogP contribution in [0.3, 0.4) is 0 Å². The van der Waals surface area contributed by atoms with Crippen molar-refractivity contribution in [2.45, 2.75) is 12.8 Å². The first-order valence-corrected chi connectivity index (χ1v) is 7.86. The summed E-state index contributed by atoms with van der Waals surface area (Å²) >= 11 is 5.94. The summed E-state index contributed by atoms with van der Waals surface area (Å²) in [4.78, 5) is 18.2. The average molecular weight is 332 g/mol. The molecule has 1 aromatic carbocycles. The van der Waals surface area contributed by atoms with Crippen LogP contribution in [0.15, 0.2) is 36.5 Å². The number of nitrogens with zero attached hydrogens (tertiary/aromatic N) is 2. The Labute approximate surface area is 140 Å². The molecular formula is C17H18ClN3O2. The molecule has 0 atom stereocenters. The summed E-state index contributed by atoms with van der Waals surface area (Å²) in [6.07, 6.45) is 2.89. The molecule has 1 aliphatic rings. The van der Waals surface area contributed by atoms with E-state index in [4.69, 9.17) is 16.3 Å². The van der Waals surface area contributed by atoms with Crippen molar-refractivity contribution in [2.75, 3.05) is 30.5 Å². The molecule has 120 valence electrons. The van der Waals surface area contributed by atoms with Crippen LogP contribution >= 0.6 is 11.6 Å². The van der Waals surface area contributed by atoms with Crippen molar-refractivity contribution in [3.63, 3.8) is 0 Å². The Bertz CT molecular complexity index is 721. The van der Waals surface area contributed by atoms with Crippen LogP contribution < -0.4 is 10.2 Å². The zero-order valence-corrected chi connectivity index (χ0v) is 13.6. The lowest BCUT2D eigenvalue weighted by Gasteiger charge is -2.21. The van der Waals surface area contributed by atoms with Gasteiger partial charge >= 0.3 is 0 Å². The first-order chi connectivity index (χ1) is 11.2. The molecule has 0 unspecified atom stereocenters. The number of aromatic nitrogens is 1. The van der Waals surface area contributed by atoms with Gasteiger partial charge in [-0.2, -0.15) is 0 Å². The molecule has 0 spiro atoms. The molecule has 0 saturated heterocycles. The predicted octanol–water partition coefficient (Wildman–Crippen LogP) is 3.40. The molecule has 5 nitrogen and oxygen atoms in total. The van der Waals surface area contributed by atoms with Crippen LogP contribution in [0.5, 0.6) is 0 Å². The SMILES string of the molecule is COCCC(=O)N1CCc2cccc(Nc3ccnc(Cl)c3)c21. The maximum Gasteiger partial charge on any atom is 0.229 e. The topological polar surface area (TPSA) is 54.5 Å². The summed E-state index contributed by atoms with van der Waals surface area (Å²) in [6, 6.07) is 9.62. The van der Waals surface area contributed by atoms with Gasteiger partial charge in [-0.15, -0.1) is 0 Å². The number of pyridine rings is 1. The highest BCUT2D eigenvalue weighted by atomic mass is 35.5. The van der Waals surface area contributed by atoms with Gasteiger partial charge in [-0.25, -0.2) is 4.98 Å². The number of hydrogen-bond donors (Lipinski definition) is 1. The van der Waals surface area contributed by atoms with Crippen molar-refractivity contribution in [1.82, 2.24) is 4.98 Å². The smallest absolute Gasteiger partial charge is 0.229 e. The van der Waals surface area contributed by atoms with Gasteiger partial charge in [0.2, 0.25) is 5.91 Å². The third-order valence-electron chi connectivity index (χ3n) is 3.82. The third-order valence-corrected chi connectivity index (χ3v) is 4.03. The third kappa shape index (κ3) is 3.46. The lowest BCUT2D eigenvalue weighted by atomic mass is 10.1. The van der Waals surface area contributed by atoms with E-state index >= 15 is 0 Å². The molecular weight excluding hydrogens is 314 g/mol. The van der Waals surface area contributed by atoms with Crippen LogP contribution in [0, 0.1) is 0 Å². The summed E-state index contributed by atoms with van der Waals surface area (Å²) in [5.41, 5.74) is 3.85. The Morgan fingerprint density at radius 3 is 3.09 bits per heavy atom. The molecule has 0 bridgehead atoms. The number of amides is 1. The number of rotatable bonds is 5. The van der Waals surface area contributed by atoms with Gasteiger partial charge in [-0.3, -0.25) is 4.79 Å². The number of methoxy groups -OCH3 is 1. The number of ether oxygens (including phenoxy) is 1. The zero-order chi connectivity index (χ0) is 16.2. The highest BCUT2D eigenvalue weighted by Crippen LogP contribution is 2.37. The molecule has 1 N–H and O–H groups in total. The van der Waals surface area contributed by atoms with Crippen LogP contribution in [0.4, 0.5) is 17.1 Å². The molecule has 0 fully saturated rings. The molecule has 0 radical (unpaired) electrons. The molecule has 2 aromatic rings. The Morgan fingerprint density at radius 2 is 2.30 bits per heavy atom. The van der Waals surface area contributed by atoms with E-state index in [-0.39, 0.29) is 5.91 Å². The molecule has 6 heteroatoms. The fourth-order valence-corrected chi connectivity index (χ4v) is 2.94. The van der Waals surface area contributed by atoms with Crippen molar-refractivity contribution in [3.05, 3.63) is 47.2 Å². The van der Waals surface area contributed by atoms with Crippen molar-refractivity contribution in [1.29, 1.82) is 0 Å². The predicted molar refractivity (Wildman–Crippen MR) is 91.5 cm³/mol. The van der Waals surface area contributed by atoms with E-state index in [0.717, 1.165) is 23.5 Å². The summed E-state index contributed by atoms with van der Waals surface area (Å²) in [7, 11) is 1.60. The maximum atomic E-state index is 12.4. The zero-order valence-electron chi connectivity index (χ0n) is 12.9. The first kappa shape index (κ1) is 15.8. The van der Waals surface area contributed by atoms with Gasteiger partial charge in [0.1, 0.15) is 5.15 Å². The number of carbonyl (C=O) groups excluding carboxylic acids is 1. The summed E-state index contributed by atoms with van der Waals surface area (Å²) in [6.45, 7) is 1.13. The number of anilines is 3. The van der Waals surface area contributed by atoms with Crippen molar-refractivity contribution in [2.24, 2.45) is 0 Å². The van der Waals surface area contributed by atoms with Gasteiger partial charge in [0.15, 0.2) is 0 Å². The Kier molecular flexibility index (Phi) is 4.79. The summed E-state index contributed by atoms with van der Waals surface area (Å²) < 4.78 is 5.01. The van der Waals surface area contributed by atoms with Gasteiger partial charge in [0.05, 0.1) is 24.4 Å². The highest BCUT2D eigenvalue weighted by molar-refractivity contribution is 6.29. The van der Waals surface area contributed by atoms with Gasteiger partial charge in [0.25, 0.3) is 0 Å². The second-order valence-corrected chi connectivity index (χ2v) is 5.73. The fourth-order valence-electron chi connectivity index (χ4n) is 2.77. The molecule has 23 heavy (non-hydrogen) atoms. The fraction of sp³-hybridized carbons (Fsp3) is 0.294. The van der Waals surface area contributed by atoms with Crippen molar-refractivity contribution >= 4 is 34.6 Å². The van der Waals surface area contributed by atoms with E-state index in [9.17, 15) is 4.79 Å². The number of carbonyl (C=O) groups is 1. The van der Waals surface area contributed by atoms with E-state index in [2.05, 4.69) is 16.4 Å². The van der Waals surface area contributed by atoms with E-state index in [1.54, 1.807) is 19.4 Å². The number of hydrogen-bond acceptors (Lipinski definition) is 4. The van der Waals surface area contributed by atoms with Crippen molar-refractivity contribution in [3.8, 4) is 0 Å². The molecule has 1 aliphatic heterocycles. The van der Waals surface area contributed by atoms with E-state index in [0.29, 0.717) is 24.7 Å². The van der Waals surface area contributed by atoms with Gasteiger partial charge in [-0.1, -0.05) is 23.7 Å². The molecule has 1 amide bonds. The van der Waals surface area contributed by atoms with Gasteiger partial charge < -0.3 is 15.0 Å². The quantitative estimate of drug-likeness (QED) is 0.853. The van der Waals surface area contributed by atoms with Crippen LogP contribution in [0.1, 0.15) is 12.0 Å². The Morgan fingerprint density at radius 1 is 1.43 bits per heavy atom. The van der Waals surface area contributed by atoms with Crippen LogP contribution in [-0.2, 0) is 16.0 Å². The lowest BCUT2D eigenvalue weighted by molar-refractivity contribution is -0.119. The number of nitrogens with one attached hydrogen (secondary N) is 1. The van der Waals surface area contributed by atoms with Crippen LogP contribution in [-0.4, -0.2) is 31.2 Å². The minimum atomic E-state index is 0.0765. The summed E-state index contributed by atoms with van der Waals surface area (Å²) in [5.74, 6) is 0.0765. The van der Waals surface area contributed by atoms with Gasteiger partial charge in [-0.05, 0) is 30.2 Å². The minimum absolute atomic E-state index is 0.0765. The maximum absolute atomic E-state index is 12.4. The summed E-state index contributed by atoms with van der Waals surface area (Å²) in [5, 5.41) is 3.76. The molecule has 0 aliphatic carbocycles. The lowest BCUT2D eigenvalue weighted by Crippen LogP contribution is -2.30. The van der Waals surface area contributed by atoms with Crippen LogP contribution in [0.2, 0.25) is 5.15 Å². The highest BCUT2D eigenvalue weighted by Gasteiger charge is 2.27. The number of para-hydroxylation sites is 1.